The van der Waals surface area contributed by atoms with Crippen LogP contribution in [0.1, 0.15) is 12.8 Å². The number of nitrogen functional groups attached to an aromatic ring is 1. The molecule has 1 saturated heterocycles. The van der Waals surface area contributed by atoms with Gasteiger partial charge in [0.15, 0.2) is 19.6 Å². The number of carbonyl (C=O) groups is 1. The van der Waals surface area contributed by atoms with Crippen LogP contribution in [0.15, 0.2) is 64.9 Å². The number of hydroxylamine groups is 1. The van der Waals surface area contributed by atoms with E-state index in [-0.39, 0.29) is 23.5 Å². The van der Waals surface area contributed by atoms with Crippen LogP contribution in [0.4, 0.5) is 5.69 Å². The highest BCUT2D eigenvalue weighted by molar-refractivity contribution is 7.99. The van der Waals surface area contributed by atoms with Crippen LogP contribution in [-0.4, -0.2) is 35.8 Å². The predicted octanol–water partition coefficient (Wildman–Crippen LogP) is 4.33. The zero-order valence-electron chi connectivity index (χ0n) is 17.0. The van der Waals surface area contributed by atoms with E-state index < -0.39 is 20.5 Å². The Morgan fingerprint density at radius 1 is 1.06 bits per heavy atom. The van der Waals surface area contributed by atoms with Crippen LogP contribution in [0.2, 0.25) is 0 Å². The number of ether oxygens (including phenoxy) is 1. The monoisotopic (exact) mass is 490 g/mol. The van der Waals surface area contributed by atoms with Crippen molar-refractivity contribution < 1.29 is 23.2 Å². The first kappa shape index (κ1) is 22.7. The van der Waals surface area contributed by atoms with E-state index in [0.29, 0.717) is 22.3 Å². The molecule has 4 N–H and O–H groups in total. The van der Waals surface area contributed by atoms with E-state index in [4.69, 9.17) is 10.5 Å². The average Bonchev–Trinajstić information content (AvgIpc) is 3.28. The lowest BCUT2D eigenvalue weighted by Gasteiger charge is -2.34. The van der Waals surface area contributed by atoms with Crippen molar-refractivity contribution in [1.82, 2.24) is 5.48 Å². The zero-order chi connectivity index (χ0) is 22.8. The standard InChI is InChI=1S/C22H22N2O5S3/c23-17-7-5-15(6-8-17)16-13-20(31-14-16)29-18-3-1-2-4-19(18)32(27,28)22(21(25)24-26)9-11-30-12-10-22/h1-8,13-14,26H,9-12,23H2,(H,24,25). The van der Waals surface area contributed by atoms with E-state index in [2.05, 4.69) is 0 Å². The molecule has 2 heterocycles. The minimum absolute atomic E-state index is 0.0714. The molecule has 1 aliphatic rings. The van der Waals surface area contributed by atoms with Gasteiger partial charge in [0.1, 0.15) is 10.6 Å². The summed E-state index contributed by atoms with van der Waals surface area (Å²) in [5, 5.41) is 11.7. The lowest BCUT2D eigenvalue weighted by molar-refractivity contribution is -0.132. The molecule has 10 heteroatoms. The van der Waals surface area contributed by atoms with E-state index in [1.807, 2.05) is 35.7 Å². The molecule has 0 atom stereocenters. The fraction of sp³-hybridized carbons (Fsp3) is 0.227. The summed E-state index contributed by atoms with van der Waals surface area (Å²) in [5.41, 5.74) is 9.87. The molecule has 0 bridgehead atoms. The van der Waals surface area contributed by atoms with Crippen LogP contribution in [0.3, 0.4) is 0 Å². The van der Waals surface area contributed by atoms with Crippen LogP contribution in [-0.2, 0) is 14.6 Å². The first-order valence-corrected chi connectivity index (χ1v) is 13.4. The van der Waals surface area contributed by atoms with Gasteiger partial charge < -0.3 is 10.5 Å². The number of nitrogens with two attached hydrogens (primary N) is 1. The molecule has 0 spiro atoms. The van der Waals surface area contributed by atoms with Crippen LogP contribution < -0.4 is 16.0 Å². The fourth-order valence-corrected chi connectivity index (χ4v) is 8.01. The summed E-state index contributed by atoms with van der Waals surface area (Å²) in [6, 6.07) is 15.5. The van der Waals surface area contributed by atoms with Gasteiger partial charge >= 0.3 is 0 Å². The number of hydrogen-bond donors (Lipinski definition) is 3. The number of rotatable bonds is 6. The third-order valence-corrected chi connectivity index (χ3v) is 9.83. The Morgan fingerprint density at radius 3 is 2.44 bits per heavy atom. The number of amides is 1. The molecular weight excluding hydrogens is 468 g/mol. The van der Waals surface area contributed by atoms with Gasteiger partial charge in [0, 0.05) is 17.1 Å². The first-order chi connectivity index (χ1) is 15.4. The van der Waals surface area contributed by atoms with Gasteiger partial charge in [-0.25, -0.2) is 13.9 Å². The Morgan fingerprint density at radius 2 is 1.75 bits per heavy atom. The Balaban J connectivity index is 1.69. The summed E-state index contributed by atoms with van der Waals surface area (Å²) in [4.78, 5) is 12.5. The molecular formula is C22H22N2O5S3. The number of carbonyl (C=O) groups excluding carboxylic acids is 1. The van der Waals surface area contributed by atoms with Crippen molar-refractivity contribution in [3.8, 4) is 21.9 Å². The molecule has 0 aliphatic carbocycles. The summed E-state index contributed by atoms with van der Waals surface area (Å²) >= 11 is 2.92. The summed E-state index contributed by atoms with van der Waals surface area (Å²) in [5.74, 6) is 0.243. The number of nitrogens with one attached hydrogen (secondary N) is 1. The highest BCUT2D eigenvalue weighted by atomic mass is 32.2. The van der Waals surface area contributed by atoms with Crippen molar-refractivity contribution in [2.24, 2.45) is 0 Å². The average molecular weight is 491 g/mol. The molecule has 2 aromatic carbocycles. The highest BCUT2D eigenvalue weighted by Crippen LogP contribution is 2.43. The second-order valence-electron chi connectivity index (χ2n) is 7.38. The second-order valence-corrected chi connectivity index (χ2v) is 11.7. The molecule has 168 valence electrons. The maximum atomic E-state index is 13.7. The van der Waals surface area contributed by atoms with E-state index in [9.17, 15) is 18.4 Å². The van der Waals surface area contributed by atoms with Crippen LogP contribution in [0.5, 0.6) is 10.8 Å². The van der Waals surface area contributed by atoms with Crippen LogP contribution in [0, 0.1) is 0 Å². The van der Waals surface area contributed by atoms with Crippen LogP contribution >= 0.6 is 23.1 Å². The number of sulfone groups is 1. The molecule has 1 fully saturated rings. The maximum Gasteiger partial charge on any atom is 0.265 e. The molecule has 4 rings (SSSR count). The van der Waals surface area contributed by atoms with Crippen molar-refractivity contribution in [1.29, 1.82) is 0 Å². The zero-order valence-corrected chi connectivity index (χ0v) is 19.4. The Kier molecular flexibility index (Phi) is 6.47. The predicted molar refractivity (Wildman–Crippen MR) is 127 cm³/mol. The van der Waals surface area contributed by atoms with Crippen molar-refractivity contribution in [2.75, 3.05) is 17.2 Å². The molecule has 3 aromatic rings. The lowest BCUT2D eigenvalue weighted by Crippen LogP contribution is -2.53. The van der Waals surface area contributed by atoms with Gasteiger partial charge in [-0.2, -0.15) is 11.8 Å². The van der Waals surface area contributed by atoms with Gasteiger partial charge in [0.25, 0.3) is 5.91 Å². The van der Waals surface area contributed by atoms with Gasteiger partial charge in [0.05, 0.1) is 0 Å². The van der Waals surface area contributed by atoms with Crippen molar-refractivity contribution in [2.45, 2.75) is 22.5 Å². The Labute approximate surface area is 194 Å². The number of thioether (sulfide) groups is 1. The topological polar surface area (TPSA) is 119 Å². The Bertz CT molecular complexity index is 1220. The van der Waals surface area contributed by atoms with Gasteiger partial charge in [-0.3, -0.25) is 10.0 Å². The van der Waals surface area contributed by atoms with Crippen LogP contribution in [0.25, 0.3) is 11.1 Å². The molecule has 1 amide bonds. The quantitative estimate of drug-likeness (QED) is 0.267. The first-order valence-electron chi connectivity index (χ1n) is 9.86. The molecule has 32 heavy (non-hydrogen) atoms. The van der Waals surface area contributed by atoms with Gasteiger partial charge in [0.2, 0.25) is 0 Å². The summed E-state index contributed by atoms with van der Waals surface area (Å²) < 4.78 is 31.7. The van der Waals surface area contributed by atoms with Crippen molar-refractivity contribution in [3.63, 3.8) is 0 Å². The fourth-order valence-electron chi connectivity index (χ4n) is 3.69. The highest BCUT2D eigenvalue weighted by Gasteiger charge is 2.52. The van der Waals surface area contributed by atoms with Gasteiger partial charge in [-0.1, -0.05) is 24.3 Å². The van der Waals surface area contributed by atoms with Crippen molar-refractivity contribution in [3.05, 3.63) is 60.0 Å². The van der Waals surface area contributed by atoms with E-state index in [1.54, 1.807) is 35.4 Å². The minimum atomic E-state index is -4.16. The summed E-state index contributed by atoms with van der Waals surface area (Å²) in [6.45, 7) is 0. The molecule has 1 aromatic heterocycles. The van der Waals surface area contributed by atoms with Gasteiger partial charge in [-0.15, -0.1) is 11.3 Å². The lowest BCUT2D eigenvalue weighted by atomic mass is 10.0. The second kappa shape index (κ2) is 9.14. The van der Waals surface area contributed by atoms with E-state index in [0.717, 1.165) is 11.1 Å². The maximum absolute atomic E-state index is 13.7. The van der Waals surface area contributed by atoms with Gasteiger partial charge in [-0.05, 0) is 59.7 Å². The summed E-state index contributed by atoms with van der Waals surface area (Å²) in [7, 11) is -4.16. The normalized spacial score (nSPS) is 15.8. The third-order valence-electron chi connectivity index (χ3n) is 5.50. The minimum Gasteiger partial charge on any atom is -0.445 e. The van der Waals surface area contributed by atoms with E-state index >= 15 is 0 Å². The summed E-state index contributed by atoms with van der Waals surface area (Å²) in [6.07, 6.45) is 0.224. The molecule has 7 nitrogen and oxygen atoms in total. The number of thiophene rings is 1. The molecule has 0 saturated carbocycles. The SMILES string of the molecule is Nc1ccc(-c2csc(Oc3ccccc3S(=O)(=O)C3(C(=O)NO)CCSCC3)c2)cc1. The number of hydrogen-bond acceptors (Lipinski definition) is 8. The van der Waals surface area contributed by atoms with E-state index in [1.165, 1.54) is 17.4 Å². The number of anilines is 1. The number of para-hydroxylation sites is 1. The molecule has 0 unspecified atom stereocenters. The van der Waals surface area contributed by atoms with Crippen molar-refractivity contribution >= 4 is 44.5 Å². The largest absolute Gasteiger partial charge is 0.445 e. The third kappa shape index (κ3) is 4.11. The number of benzene rings is 2. The Hall–Kier alpha value is -2.53. The smallest absolute Gasteiger partial charge is 0.265 e. The molecule has 1 aliphatic heterocycles. The molecule has 0 radical (unpaired) electrons.